The van der Waals surface area contributed by atoms with E-state index in [2.05, 4.69) is 42.3 Å². The Kier molecular flexibility index (Phi) is 6.25. The van der Waals surface area contributed by atoms with Crippen LogP contribution in [0, 0.1) is 20.8 Å². The second-order valence-electron chi connectivity index (χ2n) is 7.28. The fourth-order valence-corrected chi connectivity index (χ4v) is 3.58. The van der Waals surface area contributed by atoms with E-state index in [1.54, 1.807) is 17.0 Å². The first-order chi connectivity index (χ1) is 13.3. The van der Waals surface area contributed by atoms with Gasteiger partial charge in [-0.3, -0.25) is 9.59 Å². The van der Waals surface area contributed by atoms with Gasteiger partial charge in [0.1, 0.15) is 6.42 Å². The highest BCUT2D eigenvalue weighted by Gasteiger charge is 2.23. The fraction of sp³-hybridized carbons (Fsp3) is 0.364. The van der Waals surface area contributed by atoms with E-state index >= 15 is 0 Å². The van der Waals surface area contributed by atoms with Gasteiger partial charge in [0.15, 0.2) is 0 Å². The number of aryl methyl sites for hydroxylation is 2. The van der Waals surface area contributed by atoms with E-state index in [0.717, 1.165) is 18.7 Å². The van der Waals surface area contributed by atoms with Crippen molar-refractivity contribution in [3.05, 3.63) is 58.1 Å². The molecule has 1 fully saturated rings. The zero-order chi connectivity index (χ0) is 20.3. The lowest BCUT2D eigenvalue weighted by Gasteiger charge is -2.37. The average molecular weight is 400 g/mol. The third-order valence-electron chi connectivity index (χ3n) is 5.32. The SMILES string of the molecule is Cc1ccc(NC(=O)CC(=O)N2CCN(c3cccc(C)c3C)CC2)cc1Cl. The minimum atomic E-state index is -0.318. The van der Waals surface area contributed by atoms with Gasteiger partial charge >= 0.3 is 0 Å². The van der Waals surface area contributed by atoms with Crippen LogP contribution in [-0.2, 0) is 9.59 Å². The van der Waals surface area contributed by atoms with Crippen molar-refractivity contribution >= 4 is 34.8 Å². The number of nitrogens with one attached hydrogen (secondary N) is 1. The maximum atomic E-state index is 12.5. The Balaban J connectivity index is 1.52. The highest BCUT2D eigenvalue weighted by molar-refractivity contribution is 6.31. The standard InChI is InChI=1S/C22H26ClN3O2/c1-15-5-4-6-20(17(15)3)25-9-11-26(12-10-25)22(28)14-21(27)24-18-8-7-16(2)19(23)13-18/h4-8,13H,9-12,14H2,1-3H3,(H,24,27). The number of amides is 2. The van der Waals surface area contributed by atoms with Crippen molar-refractivity contribution < 1.29 is 9.59 Å². The molecule has 1 aliphatic heterocycles. The van der Waals surface area contributed by atoms with Crippen LogP contribution in [0.25, 0.3) is 0 Å². The molecular weight excluding hydrogens is 374 g/mol. The van der Waals surface area contributed by atoms with Gasteiger partial charge < -0.3 is 15.1 Å². The van der Waals surface area contributed by atoms with Crippen LogP contribution < -0.4 is 10.2 Å². The van der Waals surface area contributed by atoms with Gasteiger partial charge in [0.05, 0.1) is 0 Å². The van der Waals surface area contributed by atoms with Gasteiger partial charge in [-0.15, -0.1) is 0 Å². The summed E-state index contributed by atoms with van der Waals surface area (Å²) in [6.45, 7) is 8.92. The molecule has 0 radical (unpaired) electrons. The number of nitrogens with zero attached hydrogens (tertiary/aromatic N) is 2. The molecule has 1 aliphatic rings. The quantitative estimate of drug-likeness (QED) is 0.792. The fourth-order valence-electron chi connectivity index (χ4n) is 3.40. The number of benzene rings is 2. The van der Waals surface area contributed by atoms with Crippen LogP contribution in [0.15, 0.2) is 36.4 Å². The second kappa shape index (κ2) is 8.65. The van der Waals surface area contributed by atoms with E-state index in [-0.39, 0.29) is 18.2 Å². The molecule has 0 saturated carbocycles. The maximum Gasteiger partial charge on any atom is 0.233 e. The lowest BCUT2D eigenvalue weighted by Crippen LogP contribution is -2.49. The largest absolute Gasteiger partial charge is 0.368 e. The molecule has 0 aromatic heterocycles. The van der Waals surface area contributed by atoms with E-state index in [4.69, 9.17) is 11.6 Å². The Morgan fingerprint density at radius 2 is 1.71 bits per heavy atom. The first-order valence-electron chi connectivity index (χ1n) is 9.50. The smallest absolute Gasteiger partial charge is 0.233 e. The maximum absolute atomic E-state index is 12.5. The van der Waals surface area contributed by atoms with E-state index in [1.807, 2.05) is 13.0 Å². The molecule has 0 spiro atoms. The summed E-state index contributed by atoms with van der Waals surface area (Å²) in [6.07, 6.45) is -0.158. The van der Waals surface area contributed by atoms with Gasteiger partial charge in [0, 0.05) is 42.6 Å². The summed E-state index contributed by atoms with van der Waals surface area (Å²) in [5.74, 6) is -0.460. The van der Waals surface area contributed by atoms with Crippen LogP contribution in [-0.4, -0.2) is 42.9 Å². The Morgan fingerprint density at radius 1 is 1.00 bits per heavy atom. The predicted octanol–water partition coefficient (Wildman–Crippen LogP) is 3.94. The van der Waals surface area contributed by atoms with Gasteiger partial charge in [-0.2, -0.15) is 0 Å². The third-order valence-corrected chi connectivity index (χ3v) is 5.72. The molecule has 2 aromatic carbocycles. The van der Waals surface area contributed by atoms with E-state index in [1.165, 1.54) is 16.8 Å². The predicted molar refractivity (Wildman–Crippen MR) is 114 cm³/mol. The molecule has 1 N–H and O–H groups in total. The average Bonchev–Trinajstić information content (AvgIpc) is 2.67. The van der Waals surface area contributed by atoms with Crippen molar-refractivity contribution in [3.63, 3.8) is 0 Å². The normalized spacial score (nSPS) is 14.1. The monoisotopic (exact) mass is 399 g/mol. The van der Waals surface area contributed by atoms with Crippen molar-refractivity contribution in [2.24, 2.45) is 0 Å². The number of halogens is 1. The van der Waals surface area contributed by atoms with Crippen molar-refractivity contribution in [1.29, 1.82) is 0 Å². The summed E-state index contributed by atoms with van der Waals surface area (Å²) in [5.41, 5.74) is 5.31. The van der Waals surface area contributed by atoms with E-state index in [0.29, 0.717) is 23.8 Å². The molecule has 1 heterocycles. The van der Waals surface area contributed by atoms with Gasteiger partial charge in [0.25, 0.3) is 0 Å². The summed E-state index contributed by atoms with van der Waals surface area (Å²) in [4.78, 5) is 28.8. The number of carbonyl (C=O) groups is 2. The molecule has 2 aromatic rings. The Bertz CT molecular complexity index is 889. The van der Waals surface area contributed by atoms with Gasteiger partial charge in [0.2, 0.25) is 11.8 Å². The Labute approximate surface area is 171 Å². The number of anilines is 2. The van der Waals surface area contributed by atoms with Crippen LogP contribution in [0.1, 0.15) is 23.1 Å². The first-order valence-corrected chi connectivity index (χ1v) is 9.88. The molecule has 0 bridgehead atoms. The summed E-state index contributed by atoms with van der Waals surface area (Å²) in [7, 11) is 0. The zero-order valence-electron chi connectivity index (χ0n) is 16.6. The third kappa shape index (κ3) is 4.65. The highest BCUT2D eigenvalue weighted by Crippen LogP contribution is 2.24. The van der Waals surface area contributed by atoms with Crippen molar-refractivity contribution in [2.75, 3.05) is 36.4 Å². The molecular formula is C22H26ClN3O2. The number of hydrogen-bond donors (Lipinski definition) is 1. The highest BCUT2D eigenvalue weighted by atomic mass is 35.5. The van der Waals surface area contributed by atoms with Crippen molar-refractivity contribution in [1.82, 2.24) is 4.90 Å². The summed E-state index contributed by atoms with van der Waals surface area (Å²) in [5, 5.41) is 3.34. The summed E-state index contributed by atoms with van der Waals surface area (Å²) < 4.78 is 0. The number of carbonyl (C=O) groups excluding carboxylic acids is 2. The van der Waals surface area contributed by atoms with Gasteiger partial charge in [-0.25, -0.2) is 0 Å². The first kappa shape index (κ1) is 20.2. The molecule has 5 nitrogen and oxygen atoms in total. The van der Waals surface area contributed by atoms with Gasteiger partial charge in [-0.05, 0) is 55.7 Å². The molecule has 0 unspecified atom stereocenters. The zero-order valence-corrected chi connectivity index (χ0v) is 17.3. The van der Waals surface area contributed by atoms with E-state index in [9.17, 15) is 9.59 Å². The Morgan fingerprint density at radius 3 is 2.39 bits per heavy atom. The van der Waals surface area contributed by atoms with Crippen LogP contribution in [0.4, 0.5) is 11.4 Å². The van der Waals surface area contributed by atoms with Crippen molar-refractivity contribution in [2.45, 2.75) is 27.2 Å². The van der Waals surface area contributed by atoms with Gasteiger partial charge in [-0.1, -0.05) is 29.8 Å². The molecule has 148 valence electrons. The lowest BCUT2D eigenvalue weighted by molar-refractivity contribution is -0.134. The molecule has 28 heavy (non-hydrogen) atoms. The minimum Gasteiger partial charge on any atom is -0.368 e. The molecule has 1 saturated heterocycles. The van der Waals surface area contributed by atoms with Crippen LogP contribution in [0.5, 0.6) is 0 Å². The van der Waals surface area contributed by atoms with Crippen molar-refractivity contribution in [3.8, 4) is 0 Å². The van der Waals surface area contributed by atoms with Crippen LogP contribution in [0.2, 0.25) is 5.02 Å². The molecule has 0 aliphatic carbocycles. The number of piperazine rings is 1. The van der Waals surface area contributed by atoms with E-state index < -0.39 is 0 Å². The summed E-state index contributed by atoms with van der Waals surface area (Å²) >= 11 is 6.08. The number of rotatable bonds is 4. The molecule has 3 rings (SSSR count). The number of hydrogen-bond acceptors (Lipinski definition) is 3. The molecule has 6 heteroatoms. The summed E-state index contributed by atoms with van der Waals surface area (Å²) in [6, 6.07) is 11.6. The van der Waals surface area contributed by atoms with Crippen LogP contribution >= 0.6 is 11.6 Å². The second-order valence-corrected chi connectivity index (χ2v) is 7.68. The van der Waals surface area contributed by atoms with Crippen LogP contribution in [0.3, 0.4) is 0 Å². The Hall–Kier alpha value is -2.53. The molecule has 0 atom stereocenters. The lowest BCUT2D eigenvalue weighted by atomic mass is 10.1. The molecule has 2 amide bonds. The topological polar surface area (TPSA) is 52.7 Å². The minimum absolute atomic E-state index is 0.142.